The predicted octanol–water partition coefficient (Wildman–Crippen LogP) is 2.29. The molecular formula is C17H19N3O3S2. The van der Waals surface area contributed by atoms with Crippen LogP contribution in [0.1, 0.15) is 18.4 Å². The second-order valence-corrected chi connectivity index (χ2v) is 9.13. The van der Waals surface area contributed by atoms with Crippen molar-refractivity contribution in [3.05, 3.63) is 51.1 Å². The molecule has 3 aromatic rings. The van der Waals surface area contributed by atoms with E-state index < -0.39 is 10.0 Å². The average molecular weight is 377 g/mol. The summed E-state index contributed by atoms with van der Waals surface area (Å²) in [5, 5.41) is 3.94. The summed E-state index contributed by atoms with van der Waals surface area (Å²) in [6.07, 6.45) is 1.80. The number of imidazole rings is 1. The number of hydrogen-bond donors (Lipinski definition) is 0. The fourth-order valence-electron chi connectivity index (χ4n) is 3.12. The molecule has 0 saturated heterocycles. The molecule has 0 radical (unpaired) electrons. The lowest BCUT2D eigenvalue weighted by Crippen LogP contribution is -2.32. The summed E-state index contributed by atoms with van der Waals surface area (Å²) in [5.41, 5.74) is 2.19. The minimum atomic E-state index is -3.61. The molecule has 4 rings (SSSR count). The molecule has 8 heteroatoms. The molecule has 0 spiro atoms. The minimum absolute atomic E-state index is 0.0696. The van der Waals surface area contributed by atoms with Crippen LogP contribution in [-0.4, -0.2) is 27.9 Å². The highest BCUT2D eigenvalue weighted by molar-refractivity contribution is 7.89. The third-order valence-electron chi connectivity index (χ3n) is 4.72. The largest absolute Gasteiger partial charge is 0.328 e. The summed E-state index contributed by atoms with van der Waals surface area (Å²) in [6.45, 7) is 0.391. The Morgan fingerprint density at radius 1 is 1.16 bits per heavy atom. The summed E-state index contributed by atoms with van der Waals surface area (Å²) in [4.78, 5) is 12.3. The molecule has 0 amide bonds. The van der Waals surface area contributed by atoms with Gasteiger partial charge in [-0.05, 0) is 53.4 Å². The van der Waals surface area contributed by atoms with Crippen LogP contribution >= 0.6 is 11.3 Å². The number of aromatic nitrogens is 2. The lowest BCUT2D eigenvalue weighted by Gasteiger charge is -2.21. The van der Waals surface area contributed by atoms with E-state index in [0.29, 0.717) is 12.1 Å². The normalized spacial score (nSPS) is 15.3. The van der Waals surface area contributed by atoms with Gasteiger partial charge in [-0.25, -0.2) is 13.2 Å². The van der Waals surface area contributed by atoms with Gasteiger partial charge in [0.2, 0.25) is 10.0 Å². The highest BCUT2D eigenvalue weighted by Crippen LogP contribution is 2.34. The third kappa shape index (κ3) is 2.74. The Morgan fingerprint density at radius 2 is 1.88 bits per heavy atom. The first-order chi connectivity index (χ1) is 11.9. The van der Waals surface area contributed by atoms with Gasteiger partial charge in [-0.15, -0.1) is 0 Å². The molecule has 2 aromatic heterocycles. The molecule has 0 unspecified atom stereocenters. The van der Waals surface area contributed by atoms with Crippen LogP contribution in [0.5, 0.6) is 0 Å². The predicted molar refractivity (Wildman–Crippen MR) is 98.2 cm³/mol. The first-order valence-corrected chi connectivity index (χ1v) is 10.5. The van der Waals surface area contributed by atoms with Crippen molar-refractivity contribution in [2.45, 2.75) is 30.3 Å². The highest BCUT2D eigenvalue weighted by Gasteiger charge is 2.38. The zero-order valence-corrected chi connectivity index (χ0v) is 15.7. The molecule has 1 aliphatic rings. The smallest absolute Gasteiger partial charge is 0.295 e. The molecule has 25 heavy (non-hydrogen) atoms. The molecule has 1 aliphatic carbocycles. The Balaban J connectivity index is 1.79. The van der Waals surface area contributed by atoms with Crippen LogP contribution in [0.2, 0.25) is 0 Å². The van der Waals surface area contributed by atoms with Gasteiger partial charge in [0.1, 0.15) is 0 Å². The van der Waals surface area contributed by atoms with E-state index in [1.165, 1.54) is 9.13 Å². The van der Waals surface area contributed by atoms with E-state index >= 15 is 0 Å². The zero-order chi connectivity index (χ0) is 17.8. The van der Waals surface area contributed by atoms with Crippen molar-refractivity contribution in [3.8, 4) is 0 Å². The topological polar surface area (TPSA) is 64.3 Å². The average Bonchev–Trinajstić information content (AvgIpc) is 3.26. The van der Waals surface area contributed by atoms with Crippen molar-refractivity contribution in [2.24, 2.45) is 14.1 Å². The Morgan fingerprint density at radius 3 is 2.52 bits per heavy atom. The van der Waals surface area contributed by atoms with E-state index in [0.717, 1.165) is 23.9 Å². The van der Waals surface area contributed by atoms with Crippen LogP contribution in [0.15, 0.2) is 44.7 Å². The van der Waals surface area contributed by atoms with Crippen LogP contribution in [-0.2, 0) is 30.7 Å². The van der Waals surface area contributed by atoms with E-state index in [2.05, 4.69) is 0 Å². The molecule has 0 atom stereocenters. The maximum absolute atomic E-state index is 13.2. The number of rotatable bonds is 5. The van der Waals surface area contributed by atoms with Gasteiger partial charge in [0, 0.05) is 26.7 Å². The monoisotopic (exact) mass is 377 g/mol. The second kappa shape index (κ2) is 5.82. The van der Waals surface area contributed by atoms with E-state index in [-0.39, 0.29) is 16.6 Å². The summed E-state index contributed by atoms with van der Waals surface area (Å²) < 4.78 is 31.0. The van der Waals surface area contributed by atoms with Gasteiger partial charge in [-0.2, -0.15) is 15.6 Å². The Kier molecular flexibility index (Phi) is 3.86. The van der Waals surface area contributed by atoms with Gasteiger partial charge in [0.25, 0.3) is 0 Å². The SMILES string of the molecule is Cn1c(=O)n(C)c2cc(S(=O)(=O)N(Cc3ccsc3)C3CC3)ccc21. The van der Waals surface area contributed by atoms with Gasteiger partial charge < -0.3 is 0 Å². The first-order valence-electron chi connectivity index (χ1n) is 8.08. The Labute approximate surface area is 150 Å². The molecule has 132 valence electrons. The number of hydrogen-bond acceptors (Lipinski definition) is 4. The first kappa shape index (κ1) is 16.6. The number of nitrogens with zero attached hydrogens (tertiary/aromatic N) is 3. The van der Waals surface area contributed by atoms with Crippen molar-refractivity contribution in [1.82, 2.24) is 13.4 Å². The standard InChI is InChI=1S/C17H19N3O3S2/c1-18-15-6-5-14(9-16(15)19(2)17(18)21)25(22,23)20(13-3-4-13)10-12-7-8-24-11-12/h5-9,11,13H,3-4,10H2,1-2H3. The van der Waals surface area contributed by atoms with E-state index in [9.17, 15) is 13.2 Å². The van der Waals surface area contributed by atoms with Crippen molar-refractivity contribution >= 4 is 32.4 Å². The molecule has 1 aromatic carbocycles. The quantitative estimate of drug-likeness (QED) is 0.685. The Hall–Kier alpha value is -1.90. The molecule has 1 fully saturated rings. The lowest BCUT2D eigenvalue weighted by atomic mass is 10.3. The molecule has 1 saturated carbocycles. The summed E-state index contributed by atoms with van der Waals surface area (Å²) in [6, 6.07) is 6.94. The van der Waals surface area contributed by atoms with Crippen molar-refractivity contribution < 1.29 is 8.42 Å². The van der Waals surface area contributed by atoms with Gasteiger partial charge >= 0.3 is 5.69 Å². The van der Waals surface area contributed by atoms with Gasteiger partial charge in [0.05, 0.1) is 15.9 Å². The molecule has 0 bridgehead atoms. The summed E-state index contributed by atoms with van der Waals surface area (Å²) in [5.74, 6) is 0. The molecule has 0 aliphatic heterocycles. The van der Waals surface area contributed by atoms with Crippen LogP contribution in [0.25, 0.3) is 11.0 Å². The van der Waals surface area contributed by atoms with Crippen molar-refractivity contribution in [3.63, 3.8) is 0 Å². The molecule has 6 nitrogen and oxygen atoms in total. The summed E-state index contributed by atoms with van der Waals surface area (Å²) >= 11 is 1.57. The number of benzene rings is 1. The molecule has 0 N–H and O–H groups in total. The molecular weight excluding hydrogens is 358 g/mol. The van der Waals surface area contributed by atoms with Gasteiger partial charge in [0.15, 0.2) is 0 Å². The van der Waals surface area contributed by atoms with Gasteiger partial charge in [-0.1, -0.05) is 0 Å². The van der Waals surface area contributed by atoms with Crippen LogP contribution < -0.4 is 5.69 Å². The van der Waals surface area contributed by atoms with E-state index in [1.54, 1.807) is 47.9 Å². The van der Waals surface area contributed by atoms with Crippen molar-refractivity contribution in [1.29, 1.82) is 0 Å². The fourth-order valence-corrected chi connectivity index (χ4v) is 5.47. The minimum Gasteiger partial charge on any atom is -0.295 e. The zero-order valence-electron chi connectivity index (χ0n) is 14.0. The number of fused-ring (bicyclic) bond motifs is 1. The third-order valence-corrected chi connectivity index (χ3v) is 7.35. The highest BCUT2D eigenvalue weighted by atomic mass is 32.2. The van der Waals surface area contributed by atoms with E-state index in [1.807, 2.05) is 16.8 Å². The number of thiophene rings is 1. The lowest BCUT2D eigenvalue weighted by molar-refractivity contribution is 0.399. The maximum Gasteiger partial charge on any atom is 0.328 e. The van der Waals surface area contributed by atoms with Crippen LogP contribution in [0.3, 0.4) is 0 Å². The second-order valence-electron chi connectivity index (χ2n) is 6.46. The van der Waals surface area contributed by atoms with Gasteiger partial charge in [-0.3, -0.25) is 9.13 Å². The number of aryl methyl sites for hydroxylation is 2. The van der Waals surface area contributed by atoms with Crippen LogP contribution in [0, 0.1) is 0 Å². The fraction of sp³-hybridized carbons (Fsp3) is 0.353. The summed E-state index contributed by atoms with van der Waals surface area (Å²) in [7, 11) is -0.268. The Bertz CT molecular complexity index is 1090. The van der Waals surface area contributed by atoms with Crippen LogP contribution in [0.4, 0.5) is 0 Å². The van der Waals surface area contributed by atoms with E-state index in [4.69, 9.17) is 0 Å². The molecule has 2 heterocycles. The number of sulfonamides is 1. The van der Waals surface area contributed by atoms with Crippen molar-refractivity contribution in [2.75, 3.05) is 0 Å². The maximum atomic E-state index is 13.2.